The number of hydrogen-bond donors (Lipinski definition) is 0. The van der Waals surface area contributed by atoms with Crippen LogP contribution in [0.5, 0.6) is 11.5 Å². The van der Waals surface area contributed by atoms with Crippen LogP contribution in [0.2, 0.25) is 0 Å². The number of halogens is 2. The third kappa shape index (κ3) is 8.26. The predicted molar refractivity (Wildman–Crippen MR) is 311 cm³/mol. The molecular formula is C71H49F2N4OPt-3. The van der Waals surface area contributed by atoms with Gasteiger partial charge >= 0.3 is 0 Å². The van der Waals surface area contributed by atoms with E-state index < -0.39 is 17.0 Å². The molecule has 0 N–H and O–H groups in total. The maximum absolute atomic E-state index is 15.6. The SMILES string of the molecule is CC(C)(C)c1ccnc(-n2c3[c-]c(Oc4[c-]c(N5[CH-]N(c6c(-c7ccccc7)cccc6-c6ccccc6)c6ccccc65)cc(C5(c6ccccc6)c6ccc(F)cc6-c6cc(F)ccc65)c4)ccc3c3ccccc32)c1.[Pt]. The summed E-state index contributed by atoms with van der Waals surface area (Å²) in [5, 5.41) is 2.08. The molecular weight excluding hydrogens is 1160 g/mol. The molecule has 8 heteroatoms. The van der Waals surface area contributed by atoms with Crippen molar-refractivity contribution in [3.05, 3.63) is 295 Å². The van der Waals surface area contributed by atoms with Gasteiger partial charge < -0.3 is 19.1 Å². The average Bonchev–Trinajstić information content (AvgIpc) is 3.83. The normalized spacial score (nSPS) is 13.3. The molecule has 0 saturated heterocycles. The molecule has 14 rings (SSSR count). The van der Waals surface area contributed by atoms with E-state index in [1.165, 1.54) is 24.3 Å². The number of benzene rings is 10. The summed E-state index contributed by atoms with van der Waals surface area (Å²) < 4.78 is 40.6. The topological polar surface area (TPSA) is 33.5 Å². The van der Waals surface area contributed by atoms with Crippen molar-refractivity contribution in [3.63, 3.8) is 0 Å². The molecule has 0 saturated carbocycles. The zero-order valence-electron chi connectivity index (χ0n) is 43.4. The van der Waals surface area contributed by atoms with Crippen LogP contribution in [0.1, 0.15) is 48.6 Å². The maximum atomic E-state index is 15.6. The fourth-order valence-corrected chi connectivity index (χ4v) is 12.0. The van der Waals surface area contributed by atoms with Crippen molar-refractivity contribution in [2.45, 2.75) is 31.6 Å². The first-order valence-corrected chi connectivity index (χ1v) is 26.2. The summed E-state index contributed by atoms with van der Waals surface area (Å²) in [4.78, 5) is 9.39. The number of para-hydroxylation sites is 4. The minimum Gasteiger partial charge on any atom is -0.509 e. The van der Waals surface area contributed by atoms with E-state index in [4.69, 9.17) is 9.72 Å². The molecule has 0 radical (unpaired) electrons. The summed E-state index contributed by atoms with van der Waals surface area (Å²) in [6, 6.07) is 84.1. The molecule has 5 nitrogen and oxygen atoms in total. The Hall–Kier alpha value is -8.90. The van der Waals surface area contributed by atoms with Crippen molar-refractivity contribution in [2.75, 3.05) is 9.80 Å². The van der Waals surface area contributed by atoms with Crippen LogP contribution in [0.15, 0.2) is 237 Å². The molecule has 0 spiro atoms. The predicted octanol–water partition coefficient (Wildman–Crippen LogP) is 18.3. The van der Waals surface area contributed by atoms with E-state index in [0.717, 1.165) is 94.8 Å². The number of aromatic nitrogens is 2. The third-order valence-corrected chi connectivity index (χ3v) is 15.5. The molecule has 1 aliphatic carbocycles. The average molecular weight is 1210 g/mol. The van der Waals surface area contributed by atoms with E-state index in [9.17, 15) is 0 Å². The molecule has 0 unspecified atom stereocenters. The van der Waals surface area contributed by atoms with Crippen molar-refractivity contribution in [1.82, 2.24) is 9.55 Å². The number of anilines is 4. The van der Waals surface area contributed by atoms with Crippen molar-refractivity contribution >= 4 is 44.6 Å². The molecule has 0 fully saturated rings. The minimum absolute atomic E-state index is 0. The van der Waals surface area contributed by atoms with Gasteiger partial charge in [0, 0.05) is 77.9 Å². The monoisotopic (exact) mass is 1210 g/mol. The first-order valence-electron chi connectivity index (χ1n) is 26.2. The Bertz CT molecular complexity index is 4200. The second kappa shape index (κ2) is 19.5. The molecule has 0 atom stereocenters. The molecule has 79 heavy (non-hydrogen) atoms. The van der Waals surface area contributed by atoms with Gasteiger partial charge in [-0.1, -0.05) is 178 Å². The molecule has 0 amide bonds. The van der Waals surface area contributed by atoms with Crippen LogP contribution in [-0.4, -0.2) is 9.55 Å². The Morgan fingerprint density at radius 2 is 1.10 bits per heavy atom. The standard InChI is InChI=1S/C71H49F2N4O.Pt/c1-70(2,3)49-36-37-74-68(40-49)77-64-27-14-13-24-58(64)59-33-32-54(44-67(59)77)78-55-39-50(71(48-22-11-6-12-23-48)62-34-30-51(72)41-60(62)61-42-52(73)31-35-63(61)71)38-53(43-55)75-45-76(66-29-16-15-28-65(66)75)69-56(46-18-7-4-8-19-46)25-17-26-57(69)47-20-9-5-10-21-47;/h4-42,45H,1-3H3;/q-3;. The molecule has 2 aromatic heterocycles. The van der Waals surface area contributed by atoms with E-state index in [1.807, 2.05) is 66.9 Å². The van der Waals surface area contributed by atoms with Gasteiger partial charge in [0.05, 0.1) is 0 Å². The van der Waals surface area contributed by atoms with E-state index in [0.29, 0.717) is 28.3 Å². The fraction of sp³-hybridized carbons (Fsp3) is 0.0704. The summed E-state index contributed by atoms with van der Waals surface area (Å²) in [5.74, 6) is 0.862. The van der Waals surface area contributed by atoms with Crippen molar-refractivity contribution in [1.29, 1.82) is 0 Å². The van der Waals surface area contributed by atoms with Gasteiger partial charge in [0.2, 0.25) is 0 Å². The van der Waals surface area contributed by atoms with Crippen LogP contribution in [0.25, 0.3) is 61.0 Å². The Balaban J connectivity index is 0.00000591. The smallest absolute Gasteiger partial charge is 0.135 e. The van der Waals surface area contributed by atoms with E-state index in [-0.39, 0.29) is 26.5 Å². The first-order chi connectivity index (χ1) is 38.1. The molecule has 3 heterocycles. The van der Waals surface area contributed by atoms with Gasteiger partial charge in [0.25, 0.3) is 0 Å². The molecule has 386 valence electrons. The third-order valence-electron chi connectivity index (χ3n) is 15.5. The number of fused-ring (bicyclic) bond motifs is 7. The number of rotatable bonds is 9. The van der Waals surface area contributed by atoms with Gasteiger partial charge in [-0.25, -0.2) is 13.8 Å². The Labute approximate surface area is 472 Å². The van der Waals surface area contributed by atoms with Gasteiger partial charge in [-0.3, -0.25) is 0 Å². The number of ether oxygens (including phenoxy) is 1. The summed E-state index contributed by atoms with van der Waals surface area (Å²) in [6.45, 7) is 8.76. The van der Waals surface area contributed by atoms with E-state index in [2.05, 4.69) is 200 Å². The van der Waals surface area contributed by atoms with Crippen LogP contribution >= 0.6 is 0 Å². The van der Waals surface area contributed by atoms with Crippen molar-refractivity contribution in [3.8, 4) is 50.7 Å². The summed E-state index contributed by atoms with van der Waals surface area (Å²) in [6.07, 6.45) is 1.88. The van der Waals surface area contributed by atoms with E-state index >= 15 is 8.78 Å². The Kier molecular flexibility index (Phi) is 12.3. The van der Waals surface area contributed by atoms with E-state index in [1.54, 1.807) is 0 Å². The van der Waals surface area contributed by atoms with Crippen LogP contribution in [0.4, 0.5) is 31.5 Å². The van der Waals surface area contributed by atoms with Crippen LogP contribution < -0.4 is 14.5 Å². The van der Waals surface area contributed by atoms with Gasteiger partial charge in [-0.05, 0) is 110 Å². The summed E-state index contributed by atoms with van der Waals surface area (Å²) >= 11 is 0. The first kappa shape index (κ1) is 49.7. The van der Waals surface area contributed by atoms with Crippen LogP contribution in [0.3, 0.4) is 0 Å². The second-order valence-corrected chi connectivity index (χ2v) is 21.1. The zero-order valence-corrected chi connectivity index (χ0v) is 45.6. The minimum atomic E-state index is -1.07. The van der Waals surface area contributed by atoms with Crippen molar-refractivity contribution < 1.29 is 34.6 Å². The Morgan fingerprint density at radius 1 is 0.506 bits per heavy atom. The van der Waals surface area contributed by atoms with Crippen LogP contribution in [-0.2, 0) is 31.9 Å². The summed E-state index contributed by atoms with van der Waals surface area (Å²) in [5.41, 5.74) is 14.3. The largest absolute Gasteiger partial charge is 0.509 e. The zero-order chi connectivity index (χ0) is 52.7. The van der Waals surface area contributed by atoms with Crippen molar-refractivity contribution in [2.24, 2.45) is 0 Å². The van der Waals surface area contributed by atoms with Gasteiger partial charge in [0.1, 0.15) is 17.5 Å². The van der Waals surface area contributed by atoms with Gasteiger partial charge in [-0.2, -0.15) is 6.07 Å². The number of pyridine rings is 1. The molecule has 2 aliphatic rings. The Morgan fingerprint density at radius 3 is 1.75 bits per heavy atom. The van der Waals surface area contributed by atoms with Crippen LogP contribution in [0, 0.1) is 30.4 Å². The molecule has 1 aliphatic heterocycles. The molecule has 10 aromatic carbocycles. The fourth-order valence-electron chi connectivity index (χ4n) is 12.0. The summed E-state index contributed by atoms with van der Waals surface area (Å²) in [7, 11) is 0. The van der Waals surface area contributed by atoms with Gasteiger partial charge in [-0.15, -0.1) is 53.6 Å². The molecule has 0 bridgehead atoms. The number of nitrogens with zero attached hydrogens (tertiary/aromatic N) is 4. The number of hydrogen-bond acceptors (Lipinski definition) is 4. The maximum Gasteiger partial charge on any atom is 0.135 e. The van der Waals surface area contributed by atoms with Gasteiger partial charge in [0.15, 0.2) is 0 Å². The quantitative estimate of drug-likeness (QED) is 0.135. The second-order valence-electron chi connectivity index (χ2n) is 21.1. The molecule has 12 aromatic rings.